The molecule has 0 radical (unpaired) electrons. The number of benzene rings is 1. The molecule has 2 aliphatic heterocycles. The van der Waals surface area contributed by atoms with E-state index in [4.69, 9.17) is 0 Å². The van der Waals surface area contributed by atoms with Gasteiger partial charge in [0.1, 0.15) is 0 Å². The zero-order valence-corrected chi connectivity index (χ0v) is 14.0. The molecular formula is C16H20N4O2S. The Morgan fingerprint density at radius 2 is 2.00 bits per heavy atom. The number of hydrogen-bond donors (Lipinski definition) is 1. The van der Waals surface area contributed by atoms with Crippen molar-refractivity contribution in [2.75, 3.05) is 12.8 Å². The molecule has 2 aliphatic rings. The standard InChI is InChI=1S/C16H20N4O2S/c1-3-9-23-16-17-13-12(14(21)18-15(22)19(13)2)20(16)10-11-7-5-4-6-8-11/h4-8,12-13H,3,9-10H2,1-2H3,(H,18,21,22). The SMILES string of the molecule is CCCSC1=NC2C(C(=O)NC(=O)N2C)N1Cc1ccccc1. The van der Waals surface area contributed by atoms with Crippen molar-refractivity contribution in [3.05, 3.63) is 35.9 Å². The normalized spacial score (nSPS) is 23.7. The first-order chi connectivity index (χ1) is 11.1. The van der Waals surface area contributed by atoms with E-state index in [1.54, 1.807) is 18.8 Å². The first kappa shape index (κ1) is 15.9. The van der Waals surface area contributed by atoms with Gasteiger partial charge >= 0.3 is 6.03 Å². The van der Waals surface area contributed by atoms with E-state index >= 15 is 0 Å². The van der Waals surface area contributed by atoms with E-state index < -0.39 is 12.2 Å². The van der Waals surface area contributed by atoms with Gasteiger partial charge in [0.2, 0.25) is 0 Å². The molecule has 0 aromatic heterocycles. The molecule has 0 bridgehead atoms. The summed E-state index contributed by atoms with van der Waals surface area (Å²) in [4.78, 5) is 32.4. The van der Waals surface area contributed by atoms with Crippen molar-refractivity contribution in [2.24, 2.45) is 4.99 Å². The molecule has 0 aliphatic carbocycles. The molecule has 1 aromatic carbocycles. The monoisotopic (exact) mass is 332 g/mol. The quantitative estimate of drug-likeness (QED) is 0.914. The Bertz CT molecular complexity index is 634. The molecule has 23 heavy (non-hydrogen) atoms. The van der Waals surface area contributed by atoms with Crippen LogP contribution in [0.25, 0.3) is 0 Å². The van der Waals surface area contributed by atoms with Gasteiger partial charge in [-0.3, -0.25) is 10.1 Å². The second-order valence-corrected chi connectivity index (χ2v) is 6.70. The molecule has 1 N–H and O–H groups in total. The molecule has 3 rings (SSSR count). The van der Waals surface area contributed by atoms with Crippen LogP contribution in [0.15, 0.2) is 35.3 Å². The minimum atomic E-state index is -0.461. The number of amidine groups is 1. The van der Waals surface area contributed by atoms with E-state index in [2.05, 4.69) is 17.2 Å². The van der Waals surface area contributed by atoms with Gasteiger partial charge in [0, 0.05) is 19.3 Å². The predicted molar refractivity (Wildman–Crippen MR) is 91.0 cm³/mol. The van der Waals surface area contributed by atoms with Gasteiger partial charge in [0.25, 0.3) is 5.91 Å². The van der Waals surface area contributed by atoms with Crippen LogP contribution in [0.5, 0.6) is 0 Å². The number of likely N-dealkylation sites (N-methyl/N-ethyl adjacent to an activating group) is 1. The number of carbonyl (C=O) groups is 2. The van der Waals surface area contributed by atoms with Gasteiger partial charge in [0.15, 0.2) is 17.4 Å². The molecule has 3 amide bonds. The number of thioether (sulfide) groups is 1. The number of hydrogen-bond acceptors (Lipinski definition) is 5. The van der Waals surface area contributed by atoms with Gasteiger partial charge in [-0.05, 0) is 12.0 Å². The lowest BCUT2D eigenvalue weighted by atomic mass is 10.1. The molecule has 2 unspecified atom stereocenters. The Morgan fingerprint density at radius 3 is 2.70 bits per heavy atom. The minimum Gasteiger partial charge on any atom is -0.331 e. The van der Waals surface area contributed by atoms with Crippen molar-refractivity contribution in [3.63, 3.8) is 0 Å². The highest BCUT2D eigenvalue weighted by molar-refractivity contribution is 8.13. The van der Waals surface area contributed by atoms with Crippen LogP contribution in [0.1, 0.15) is 18.9 Å². The molecule has 0 spiro atoms. The van der Waals surface area contributed by atoms with Gasteiger partial charge in [-0.1, -0.05) is 49.0 Å². The van der Waals surface area contributed by atoms with Gasteiger partial charge in [-0.15, -0.1) is 0 Å². The van der Waals surface area contributed by atoms with Crippen molar-refractivity contribution < 1.29 is 9.59 Å². The van der Waals surface area contributed by atoms with Crippen LogP contribution in [0.3, 0.4) is 0 Å². The van der Waals surface area contributed by atoms with Crippen molar-refractivity contribution in [2.45, 2.75) is 32.1 Å². The second-order valence-electron chi connectivity index (χ2n) is 5.64. The van der Waals surface area contributed by atoms with Crippen LogP contribution >= 0.6 is 11.8 Å². The van der Waals surface area contributed by atoms with Crippen molar-refractivity contribution >= 4 is 28.9 Å². The van der Waals surface area contributed by atoms with Crippen LogP contribution in [-0.2, 0) is 11.3 Å². The molecular weight excluding hydrogens is 312 g/mol. The molecule has 0 saturated carbocycles. The maximum atomic E-state index is 12.4. The van der Waals surface area contributed by atoms with Crippen LogP contribution in [0, 0.1) is 0 Å². The highest BCUT2D eigenvalue weighted by atomic mass is 32.2. The fourth-order valence-corrected chi connectivity index (χ4v) is 3.67. The Balaban J connectivity index is 1.89. The fourth-order valence-electron chi connectivity index (χ4n) is 2.76. The Kier molecular flexibility index (Phi) is 4.56. The van der Waals surface area contributed by atoms with Gasteiger partial charge in [-0.2, -0.15) is 0 Å². The highest BCUT2D eigenvalue weighted by Gasteiger charge is 2.48. The van der Waals surface area contributed by atoms with Crippen molar-refractivity contribution in [1.82, 2.24) is 15.1 Å². The van der Waals surface area contributed by atoms with Gasteiger partial charge in [-0.25, -0.2) is 9.79 Å². The fraction of sp³-hybridized carbons (Fsp3) is 0.438. The largest absolute Gasteiger partial charge is 0.331 e. The number of rotatable bonds is 4. The van der Waals surface area contributed by atoms with E-state index in [-0.39, 0.29) is 11.9 Å². The lowest BCUT2D eigenvalue weighted by molar-refractivity contribution is -0.127. The zero-order valence-electron chi connectivity index (χ0n) is 13.2. The summed E-state index contributed by atoms with van der Waals surface area (Å²) in [6.45, 7) is 2.71. The van der Waals surface area contributed by atoms with Gasteiger partial charge in [0.05, 0.1) is 0 Å². The van der Waals surface area contributed by atoms with Crippen molar-refractivity contribution in [1.29, 1.82) is 0 Å². The summed E-state index contributed by atoms with van der Waals surface area (Å²) >= 11 is 1.64. The number of fused-ring (bicyclic) bond motifs is 1. The summed E-state index contributed by atoms with van der Waals surface area (Å²) in [5.74, 6) is 0.660. The number of imide groups is 1. The number of nitrogens with one attached hydrogen (secondary N) is 1. The van der Waals surface area contributed by atoms with Crippen LogP contribution in [-0.4, -0.2) is 51.9 Å². The highest BCUT2D eigenvalue weighted by Crippen LogP contribution is 2.30. The number of amides is 3. The first-order valence-electron chi connectivity index (χ1n) is 7.70. The Hall–Kier alpha value is -2.02. The maximum Gasteiger partial charge on any atom is 0.325 e. The minimum absolute atomic E-state index is 0.273. The van der Waals surface area contributed by atoms with E-state index in [1.165, 1.54) is 4.90 Å². The Labute approximate surface area is 139 Å². The number of urea groups is 1. The first-order valence-corrected chi connectivity index (χ1v) is 8.69. The summed E-state index contributed by atoms with van der Waals surface area (Å²) < 4.78 is 0. The van der Waals surface area contributed by atoms with Crippen molar-refractivity contribution in [3.8, 4) is 0 Å². The topological polar surface area (TPSA) is 65.0 Å². The average molecular weight is 332 g/mol. The smallest absolute Gasteiger partial charge is 0.325 e. The van der Waals surface area contributed by atoms with E-state index in [9.17, 15) is 9.59 Å². The second kappa shape index (κ2) is 6.62. The molecule has 2 heterocycles. The number of nitrogens with zero attached hydrogens (tertiary/aromatic N) is 3. The summed E-state index contributed by atoms with van der Waals surface area (Å²) in [7, 11) is 1.68. The summed E-state index contributed by atoms with van der Waals surface area (Å²) in [5, 5.41) is 3.25. The van der Waals surface area contributed by atoms with E-state index in [0.717, 1.165) is 22.9 Å². The van der Waals surface area contributed by atoms with Crippen LogP contribution in [0.2, 0.25) is 0 Å². The summed E-state index contributed by atoms with van der Waals surface area (Å²) in [6.07, 6.45) is 0.582. The molecule has 122 valence electrons. The third-order valence-electron chi connectivity index (χ3n) is 3.95. The zero-order chi connectivity index (χ0) is 16.4. The molecule has 2 atom stereocenters. The Morgan fingerprint density at radius 1 is 1.26 bits per heavy atom. The predicted octanol–water partition coefficient (Wildman–Crippen LogP) is 1.88. The van der Waals surface area contributed by atoms with E-state index in [0.29, 0.717) is 6.54 Å². The lowest BCUT2D eigenvalue weighted by Gasteiger charge is -2.36. The third kappa shape index (κ3) is 3.06. The molecule has 6 nitrogen and oxygen atoms in total. The van der Waals surface area contributed by atoms with Gasteiger partial charge < -0.3 is 9.80 Å². The number of aliphatic imine (C=N–C) groups is 1. The molecule has 7 heteroatoms. The van der Waals surface area contributed by atoms with E-state index in [1.807, 2.05) is 35.2 Å². The summed E-state index contributed by atoms with van der Waals surface area (Å²) in [5.41, 5.74) is 1.12. The number of carbonyl (C=O) groups excluding carboxylic acids is 2. The molecule has 1 aromatic rings. The maximum absolute atomic E-state index is 12.4. The third-order valence-corrected chi connectivity index (χ3v) is 5.16. The lowest BCUT2D eigenvalue weighted by Crippen LogP contribution is -2.63. The van der Waals surface area contributed by atoms with Crippen LogP contribution in [0.4, 0.5) is 4.79 Å². The summed E-state index contributed by atoms with van der Waals surface area (Å²) in [6, 6.07) is 9.15. The average Bonchev–Trinajstić information content (AvgIpc) is 2.91. The molecule has 1 saturated heterocycles. The van der Waals surface area contributed by atoms with Crippen LogP contribution < -0.4 is 5.32 Å². The molecule has 1 fully saturated rings.